The molecule has 30 heavy (non-hydrogen) atoms. The lowest BCUT2D eigenvalue weighted by molar-refractivity contribution is -0.129. The molecule has 3 aromatic rings. The van der Waals surface area contributed by atoms with Gasteiger partial charge in [0.2, 0.25) is 5.91 Å². The van der Waals surface area contributed by atoms with Gasteiger partial charge in [-0.2, -0.15) is 0 Å². The molecule has 1 aromatic heterocycles. The molecule has 0 aliphatic carbocycles. The molecule has 1 atom stereocenters. The van der Waals surface area contributed by atoms with Crippen LogP contribution < -0.4 is 5.32 Å². The molecule has 1 saturated heterocycles. The minimum Gasteiger partial charge on any atom is -0.395 e. The molecule has 6 heteroatoms. The molecule has 1 aliphatic heterocycles. The fraction of sp³-hybridized carbons (Fsp3) is 0.292. The third-order valence-electron chi connectivity index (χ3n) is 5.54. The fourth-order valence-electron chi connectivity index (χ4n) is 3.97. The molecular weight excluding hydrogens is 378 g/mol. The van der Waals surface area contributed by atoms with Crippen LogP contribution in [0.4, 0.5) is 0 Å². The maximum Gasteiger partial charge on any atom is 0.252 e. The number of aromatic nitrogens is 1. The summed E-state index contributed by atoms with van der Waals surface area (Å²) >= 11 is 0. The van der Waals surface area contributed by atoms with Crippen molar-refractivity contribution in [2.24, 2.45) is 0 Å². The number of fused-ring (bicyclic) bond motifs is 1. The lowest BCUT2D eigenvalue weighted by Gasteiger charge is -2.17. The van der Waals surface area contributed by atoms with E-state index >= 15 is 0 Å². The molecule has 0 bridgehead atoms. The van der Waals surface area contributed by atoms with Crippen LogP contribution in [0, 0.1) is 0 Å². The number of pyridine rings is 1. The van der Waals surface area contributed by atoms with E-state index < -0.39 is 0 Å². The molecule has 0 saturated carbocycles. The number of nitrogens with zero attached hydrogens (tertiary/aromatic N) is 2. The van der Waals surface area contributed by atoms with E-state index in [0.29, 0.717) is 25.1 Å². The van der Waals surface area contributed by atoms with Gasteiger partial charge in [-0.05, 0) is 24.1 Å². The van der Waals surface area contributed by atoms with Crippen molar-refractivity contribution in [3.05, 3.63) is 77.5 Å². The van der Waals surface area contributed by atoms with Crippen LogP contribution in [-0.4, -0.2) is 53.0 Å². The largest absolute Gasteiger partial charge is 0.395 e. The molecule has 2 heterocycles. The molecule has 0 spiro atoms. The van der Waals surface area contributed by atoms with Gasteiger partial charge >= 0.3 is 0 Å². The van der Waals surface area contributed by atoms with E-state index in [1.165, 1.54) is 0 Å². The van der Waals surface area contributed by atoms with Crippen LogP contribution >= 0.6 is 0 Å². The van der Waals surface area contributed by atoms with Crippen molar-refractivity contribution >= 4 is 22.7 Å². The van der Waals surface area contributed by atoms with Gasteiger partial charge in [-0.3, -0.25) is 14.6 Å². The van der Waals surface area contributed by atoms with Crippen LogP contribution in [0.3, 0.4) is 0 Å². The zero-order chi connectivity index (χ0) is 20.9. The first-order valence-electron chi connectivity index (χ1n) is 10.3. The number of hydrogen-bond acceptors (Lipinski definition) is 4. The fourth-order valence-corrected chi connectivity index (χ4v) is 3.97. The number of rotatable bonds is 6. The van der Waals surface area contributed by atoms with Gasteiger partial charge in [0.05, 0.1) is 24.1 Å². The summed E-state index contributed by atoms with van der Waals surface area (Å²) in [5, 5.41) is 12.5. The topological polar surface area (TPSA) is 82.5 Å². The van der Waals surface area contributed by atoms with Gasteiger partial charge in [-0.15, -0.1) is 0 Å². The number of carbonyl (C=O) groups is 2. The highest BCUT2D eigenvalue weighted by molar-refractivity contribution is 6.06. The summed E-state index contributed by atoms with van der Waals surface area (Å²) < 4.78 is 0. The zero-order valence-corrected chi connectivity index (χ0v) is 16.8. The maximum absolute atomic E-state index is 12.7. The van der Waals surface area contributed by atoms with Crippen molar-refractivity contribution in [3.8, 4) is 0 Å². The highest BCUT2D eigenvalue weighted by Crippen LogP contribution is 2.29. The van der Waals surface area contributed by atoms with Crippen LogP contribution in [0.2, 0.25) is 0 Å². The Kier molecular flexibility index (Phi) is 6.05. The number of nitrogens with one attached hydrogen (secondary N) is 1. The van der Waals surface area contributed by atoms with Gasteiger partial charge < -0.3 is 15.3 Å². The highest BCUT2D eigenvalue weighted by atomic mass is 16.3. The van der Waals surface area contributed by atoms with E-state index in [0.717, 1.165) is 28.6 Å². The van der Waals surface area contributed by atoms with Crippen molar-refractivity contribution < 1.29 is 14.7 Å². The lowest BCUT2D eigenvalue weighted by atomic mass is 9.99. The summed E-state index contributed by atoms with van der Waals surface area (Å²) in [6.07, 6.45) is 1.22. The van der Waals surface area contributed by atoms with Crippen LogP contribution in [0.15, 0.2) is 60.7 Å². The van der Waals surface area contributed by atoms with Gasteiger partial charge in [-0.25, -0.2) is 0 Å². The third-order valence-corrected chi connectivity index (χ3v) is 5.54. The number of hydrogen-bond donors (Lipinski definition) is 2. The summed E-state index contributed by atoms with van der Waals surface area (Å²) in [6, 6.07) is 19.2. The number of carbonyl (C=O) groups excluding carboxylic acids is 2. The van der Waals surface area contributed by atoms with E-state index in [2.05, 4.69) is 5.32 Å². The molecule has 2 N–H and O–H groups in total. The number of aliphatic hydroxyl groups excluding tert-OH is 1. The first-order chi connectivity index (χ1) is 14.7. The highest BCUT2D eigenvalue weighted by Gasteiger charge is 2.29. The number of aliphatic hydroxyl groups is 1. The van der Waals surface area contributed by atoms with Crippen molar-refractivity contribution in [2.75, 3.05) is 26.2 Å². The number of benzene rings is 2. The maximum atomic E-state index is 12.7. The van der Waals surface area contributed by atoms with Gasteiger partial charge in [0, 0.05) is 36.6 Å². The minimum absolute atomic E-state index is 0.0960. The second kappa shape index (κ2) is 9.05. The quantitative estimate of drug-likeness (QED) is 0.663. The Bertz CT molecular complexity index is 1050. The number of likely N-dealkylation sites (tertiary alicyclic amines) is 1. The first kappa shape index (κ1) is 20.0. The van der Waals surface area contributed by atoms with Gasteiger partial charge in [0.15, 0.2) is 0 Å². The molecule has 154 valence electrons. The van der Waals surface area contributed by atoms with Crippen LogP contribution in [0.25, 0.3) is 10.9 Å². The SMILES string of the molecule is O=C(NCCO)c1cc([C@@H]2CCN(C(=O)Cc3ccccc3)C2)nc2ccccc12. The van der Waals surface area contributed by atoms with Crippen molar-refractivity contribution in [3.63, 3.8) is 0 Å². The Labute approximate surface area is 175 Å². The Morgan fingerprint density at radius 3 is 2.67 bits per heavy atom. The normalized spacial score (nSPS) is 16.0. The second-order valence-corrected chi connectivity index (χ2v) is 7.58. The molecule has 2 amide bonds. The summed E-state index contributed by atoms with van der Waals surface area (Å²) in [5.41, 5.74) is 3.16. The van der Waals surface area contributed by atoms with Crippen molar-refractivity contribution in [2.45, 2.75) is 18.8 Å². The first-order valence-corrected chi connectivity index (χ1v) is 10.3. The average molecular weight is 403 g/mol. The standard InChI is InChI=1S/C24H25N3O3/c28-13-11-25-24(30)20-15-22(26-21-9-5-4-8-19(20)21)18-10-12-27(16-18)23(29)14-17-6-2-1-3-7-17/h1-9,15,18,28H,10-14,16H2,(H,25,30)/t18-/m1/s1. The van der Waals surface area contributed by atoms with Crippen LogP contribution in [0.1, 0.15) is 34.0 Å². The van der Waals surface area contributed by atoms with E-state index in [1.54, 1.807) is 0 Å². The Morgan fingerprint density at radius 1 is 1.10 bits per heavy atom. The van der Waals surface area contributed by atoms with E-state index in [1.807, 2.05) is 65.6 Å². The monoisotopic (exact) mass is 403 g/mol. The molecule has 0 unspecified atom stereocenters. The zero-order valence-electron chi connectivity index (χ0n) is 16.8. The predicted molar refractivity (Wildman–Crippen MR) is 115 cm³/mol. The van der Waals surface area contributed by atoms with E-state index in [4.69, 9.17) is 10.1 Å². The van der Waals surface area contributed by atoms with Crippen molar-refractivity contribution in [1.82, 2.24) is 15.2 Å². The van der Waals surface area contributed by atoms with Gasteiger partial charge in [-0.1, -0.05) is 48.5 Å². The molecular formula is C24H25N3O3. The Morgan fingerprint density at radius 2 is 1.87 bits per heavy atom. The Hall–Kier alpha value is -3.25. The van der Waals surface area contributed by atoms with E-state index in [-0.39, 0.29) is 30.9 Å². The predicted octanol–water partition coefficient (Wildman–Crippen LogP) is 2.52. The summed E-state index contributed by atoms with van der Waals surface area (Å²) in [7, 11) is 0. The molecule has 1 fully saturated rings. The smallest absolute Gasteiger partial charge is 0.252 e. The molecule has 1 aliphatic rings. The average Bonchev–Trinajstić information content (AvgIpc) is 3.28. The number of amides is 2. The minimum atomic E-state index is -0.223. The molecule has 6 nitrogen and oxygen atoms in total. The summed E-state index contributed by atoms with van der Waals surface area (Å²) in [6.45, 7) is 1.39. The third kappa shape index (κ3) is 4.33. The molecule has 0 radical (unpaired) electrons. The van der Waals surface area contributed by atoms with E-state index in [9.17, 15) is 9.59 Å². The summed E-state index contributed by atoms with van der Waals surface area (Å²) in [5.74, 6) is -0.0111. The number of para-hydroxylation sites is 1. The second-order valence-electron chi connectivity index (χ2n) is 7.58. The Balaban J connectivity index is 1.54. The van der Waals surface area contributed by atoms with Crippen LogP contribution in [-0.2, 0) is 11.2 Å². The molecule has 2 aromatic carbocycles. The lowest BCUT2D eigenvalue weighted by Crippen LogP contribution is -2.30. The van der Waals surface area contributed by atoms with Gasteiger partial charge in [0.25, 0.3) is 5.91 Å². The van der Waals surface area contributed by atoms with Crippen molar-refractivity contribution in [1.29, 1.82) is 0 Å². The molecule has 4 rings (SSSR count). The summed E-state index contributed by atoms with van der Waals surface area (Å²) in [4.78, 5) is 32.0. The van der Waals surface area contributed by atoms with Crippen LogP contribution in [0.5, 0.6) is 0 Å². The van der Waals surface area contributed by atoms with Gasteiger partial charge in [0.1, 0.15) is 0 Å².